The van der Waals surface area contributed by atoms with Crippen molar-refractivity contribution in [3.63, 3.8) is 0 Å². The highest BCUT2D eigenvalue weighted by atomic mass is 16.5. The van der Waals surface area contributed by atoms with Crippen LogP contribution in [0.5, 0.6) is 0 Å². The van der Waals surface area contributed by atoms with Gasteiger partial charge in [0.2, 0.25) is 0 Å². The minimum absolute atomic E-state index is 0.0729. The zero-order valence-corrected chi connectivity index (χ0v) is 10.6. The lowest BCUT2D eigenvalue weighted by Gasteiger charge is -2.27. The van der Waals surface area contributed by atoms with Crippen molar-refractivity contribution < 1.29 is 19.4 Å². The van der Waals surface area contributed by atoms with Crippen molar-refractivity contribution >= 4 is 11.9 Å². The van der Waals surface area contributed by atoms with Crippen LogP contribution >= 0.6 is 0 Å². The summed E-state index contributed by atoms with van der Waals surface area (Å²) in [4.78, 5) is 26.3. The van der Waals surface area contributed by atoms with Gasteiger partial charge < -0.3 is 15.2 Å². The number of aromatic carboxylic acids is 1. The molecule has 102 valence electrons. The van der Waals surface area contributed by atoms with Gasteiger partial charge in [0.15, 0.2) is 0 Å². The zero-order valence-electron chi connectivity index (χ0n) is 10.6. The topological polar surface area (TPSA) is 88.5 Å². The molecule has 1 fully saturated rings. The van der Waals surface area contributed by atoms with Gasteiger partial charge in [-0.25, -0.2) is 9.78 Å². The number of hydrogen-bond donors (Lipinski definition) is 2. The summed E-state index contributed by atoms with van der Waals surface area (Å²) in [5, 5.41) is 11.6. The van der Waals surface area contributed by atoms with E-state index in [9.17, 15) is 9.59 Å². The van der Waals surface area contributed by atoms with Crippen LogP contribution in [0.3, 0.4) is 0 Å². The molecule has 6 heteroatoms. The van der Waals surface area contributed by atoms with E-state index in [2.05, 4.69) is 10.3 Å². The lowest BCUT2D eigenvalue weighted by Crippen LogP contribution is -2.41. The molecule has 0 bridgehead atoms. The van der Waals surface area contributed by atoms with E-state index in [1.807, 2.05) is 6.92 Å². The van der Waals surface area contributed by atoms with Crippen LogP contribution in [0.15, 0.2) is 18.3 Å². The average Bonchev–Trinajstić information content (AvgIpc) is 2.39. The molecule has 1 amide bonds. The zero-order chi connectivity index (χ0) is 13.8. The molecule has 19 heavy (non-hydrogen) atoms. The second-order valence-corrected chi connectivity index (χ2v) is 4.61. The molecule has 0 saturated carbocycles. The van der Waals surface area contributed by atoms with Crippen LogP contribution in [0.4, 0.5) is 0 Å². The number of amides is 1. The predicted molar refractivity (Wildman–Crippen MR) is 67.1 cm³/mol. The number of nitrogens with zero attached hydrogens (tertiary/aromatic N) is 1. The summed E-state index contributed by atoms with van der Waals surface area (Å²) in [6.07, 6.45) is 3.00. The Kier molecular flexibility index (Phi) is 4.11. The maximum atomic E-state index is 12.0. The second-order valence-electron chi connectivity index (χ2n) is 4.61. The van der Waals surface area contributed by atoms with Crippen molar-refractivity contribution in [3.05, 3.63) is 29.6 Å². The first-order valence-electron chi connectivity index (χ1n) is 6.18. The van der Waals surface area contributed by atoms with Gasteiger partial charge in [0, 0.05) is 18.8 Å². The van der Waals surface area contributed by atoms with E-state index in [0.29, 0.717) is 12.2 Å². The molecule has 0 radical (unpaired) electrons. The monoisotopic (exact) mass is 264 g/mol. The Labute approximate surface area is 110 Å². The summed E-state index contributed by atoms with van der Waals surface area (Å²) in [5.41, 5.74) is 0.292. The molecule has 0 aromatic carbocycles. The highest BCUT2D eigenvalue weighted by molar-refractivity contribution is 5.95. The number of carboxylic acid groups (broad SMARTS) is 1. The number of carboxylic acids is 1. The van der Waals surface area contributed by atoms with Gasteiger partial charge >= 0.3 is 5.97 Å². The third-order valence-electron chi connectivity index (χ3n) is 3.07. The first-order chi connectivity index (χ1) is 9.06. The standard InChI is InChI=1S/C13H16N2O4/c1-8-6-10(4-5-19-8)15-12(16)9-2-3-11(13(17)18)14-7-9/h2-3,7-8,10H,4-6H2,1H3,(H,15,16)(H,17,18). The highest BCUT2D eigenvalue weighted by Gasteiger charge is 2.21. The Hall–Kier alpha value is -1.95. The molecule has 0 spiro atoms. The van der Waals surface area contributed by atoms with Gasteiger partial charge in [0.1, 0.15) is 5.69 Å². The van der Waals surface area contributed by atoms with Crippen molar-refractivity contribution in [1.82, 2.24) is 10.3 Å². The Balaban J connectivity index is 1.97. The number of pyridine rings is 1. The molecule has 1 aliphatic rings. The quantitative estimate of drug-likeness (QED) is 0.852. The van der Waals surface area contributed by atoms with E-state index < -0.39 is 5.97 Å². The van der Waals surface area contributed by atoms with E-state index in [1.165, 1.54) is 18.3 Å². The van der Waals surface area contributed by atoms with Gasteiger partial charge in [-0.2, -0.15) is 0 Å². The smallest absolute Gasteiger partial charge is 0.354 e. The van der Waals surface area contributed by atoms with Crippen LogP contribution in [0.2, 0.25) is 0 Å². The van der Waals surface area contributed by atoms with Crippen LogP contribution in [-0.4, -0.2) is 40.7 Å². The van der Waals surface area contributed by atoms with E-state index in [0.717, 1.165) is 12.8 Å². The fourth-order valence-electron chi connectivity index (χ4n) is 2.05. The molecule has 1 aromatic heterocycles. The predicted octanol–water partition coefficient (Wildman–Crippen LogP) is 1.08. The van der Waals surface area contributed by atoms with E-state index in [4.69, 9.17) is 9.84 Å². The minimum Gasteiger partial charge on any atom is -0.477 e. The molecule has 0 aliphatic carbocycles. The molecule has 2 N–H and O–H groups in total. The summed E-state index contributed by atoms with van der Waals surface area (Å²) < 4.78 is 5.41. The number of hydrogen-bond acceptors (Lipinski definition) is 4. The van der Waals surface area contributed by atoms with Gasteiger partial charge in [0.25, 0.3) is 5.91 Å². The van der Waals surface area contributed by atoms with Gasteiger partial charge in [-0.05, 0) is 31.9 Å². The normalized spacial score (nSPS) is 22.8. The number of carbonyl (C=O) groups is 2. The van der Waals surface area contributed by atoms with Crippen molar-refractivity contribution in [3.8, 4) is 0 Å². The van der Waals surface area contributed by atoms with Crippen molar-refractivity contribution in [2.45, 2.75) is 31.9 Å². The Morgan fingerprint density at radius 1 is 1.47 bits per heavy atom. The summed E-state index contributed by atoms with van der Waals surface area (Å²) >= 11 is 0. The van der Waals surface area contributed by atoms with Gasteiger partial charge in [0.05, 0.1) is 11.7 Å². The van der Waals surface area contributed by atoms with E-state index >= 15 is 0 Å². The Morgan fingerprint density at radius 2 is 2.26 bits per heavy atom. The first-order valence-corrected chi connectivity index (χ1v) is 6.18. The third-order valence-corrected chi connectivity index (χ3v) is 3.07. The number of rotatable bonds is 3. The van der Waals surface area contributed by atoms with Crippen LogP contribution in [0.25, 0.3) is 0 Å². The Morgan fingerprint density at radius 3 is 2.84 bits per heavy atom. The van der Waals surface area contributed by atoms with E-state index in [1.54, 1.807) is 0 Å². The number of ether oxygens (including phenoxy) is 1. The van der Waals surface area contributed by atoms with Crippen molar-refractivity contribution in [2.24, 2.45) is 0 Å². The van der Waals surface area contributed by atoms with Crippen LogP contribution < -0.4 is 5.32 Å². The SMILES string of the molecule is CC1CC(NC(=O)c2ccc(C(=O)O)nc2)CCO1. The van der Waals surface area contributed by atoms with E-state index in [-0.39, 0.29) is 23.7 Å². The summed E-state index contributed by atoms with van der Waals surface area (Å²) in [6, 6.07) is 2.88. The van der Waals surface area contributed by atoms with Crippen molar-refractivity contribution in [2.75, 3.05) is 6.61 Å². The maximum absolute atomic E-state index is 12.0. The van der Waals surface area contributed by atoms with Gasteiger partial charge in [-0.1, -0.05) is 0 Å². The molecule has 1 saturated heterocycles. The fourth-order valence-corrected chi connectivity index (χ4v) is 2.05. The number of aromatic nitrogens is 1. The largest absolute Gasteiger partial charge is 0.477 e. The molecule has 1 aliphatic heterocycles. The Bertz CT molecular complexity index is 472. The van der Waals surface area contributed by atoms with Crippen LogP contribution in [0, 0.1) is 0 Å². The molecule has 1 aromatic rings. The second kappa shape index (κ2) is 5.79. The highest BCUT2D eigenvalue weighted by Crippen LogP contribution is 2.13. The van der Waals surface area contributed by atoms with Gasteiger partial charge in [-0.3, -0.25) is 4.79 Å². The summed E-state index contributed by atoms with van der Waals surface area (Å²) in [5.74, 6) is -1.34. The summed E-state index contributed by atoms with van der Waals surface area (Å²) in [7, 11) is 0. The van der Waals surface area contributed by atoms with Crippen LogP contribution in [-0.2, 0) is 4.74 Å². The third kappa shape index (κ3) is 3.51. The fraction of sp³-hybridized carbons (Fsp3) is 0.462. The molecule has 2 rings (SSSR count). The summed E-state index contributed by atoms with van der Waals surface area (Å²) in [6.45, 7) is 2.61. The molecular weight excluding hydrogens is 248 g/mol. The van der Waals surface area contributed by atoms with Gasteiger partial charge in [-0.15, -0.1) is 0 Å². The molecule has 6 nitrogen and oxygen atoms in total. The van der Waals surface area contributed by atoms with Crippen LogP contribution in [0.1, 0.15) is 40.6 Å². The molecular formula is C13H16N2O4. The maximum Gasteiger partial charge on any atom is 0.354 e. The average molecular weight is 264 g/mol. The van der Waals surface area contributed by atoms with Crippen molar-refractivity contribution in [1.29, 1.82) is 0 Å². The molecule has 2 heterocycles. The lowest BCUT2D eigenvalue weighted by molar-refractivity contribution is 0.0136. The minimum atomic E-state index is -1.11. The number of nitrogens with one attached hydrogen (secondary N) is 1. The molecule has 2 unspecified atom stereocenters. The first kappa shape index (κ1) is 13.5. The lowest BCUT2D eigenvalue weighted by atomic mass is 10.0. The molecule has 2 atom stereocenters. The number of carbonyl (C=O) groups excluding carboxylic acids is 1.